The summed E-state index contributed by atoms with van der Waals surface area (Å²) in [7, 11) is 0. The zero-order valence-corrected chi connectivity index (χ0v) is 20.6. The van der Waals surface area contributed by atoms with Gasteiger partial charge in [-0.1, -0.05) is 29.8 Å². The summed E-state index contributed by atoms with van der Waals surface area (Å²) in [4.78, 5) is 26.6. The van der Waals surface area contributed by atoms with Gasteiger partial charge in [-0.15, -0.1) is 0 Å². The van der Waals surface area contributed by atoms with Crippen molar-refractivity contribution in [2.45, 2.75) is 33.7 Å². The van der Waals surface area contributed by atoms with Gasteiger partial charge in [0, 0.05) is 29.7 Å². The molecule has 3 aromatic heterocycles. The molecule has 1 amide bonds. The number of nitrogens with one attached hydrogen (secondary N) is 1. The molecule has 0 unspecified atom stereocenters. The number of ether oxygens (including phenoxy) is 1. The SMILES string of the molecule is Cc1ccc(-c2cc(C(=O)Nc3ccc(Oc4ncccn4)cc3C)c3cnn(C(C)C)c3n2)cc1. The van der Waals surface area contributed by atoms with Gasteiger partial charge in [-0.2, -0.15) is 5.10 Å². The summed E-state index contributed by atoms with van der Waals surface area (Å²) >= 11 is 0. The molecular formula is C28H26N6O2. The van der Waals surface area contributed by atoms with Crippen molar-refractivity contribution in [3.05, 3.63) is 89.9 Å². The van der Waals surface area contributed by atoms with Gasteiger partial charge in [0.2, 0.25) is 0 Å². The maximum atomic E-state index is 13.5. The third-order valence-corrected chi connectivity index (χ3v) is 5.85. The van der Waals surface area contributed by atoms with E-state index in [0.717, 1.165) is 22.4 Å². The number of hydrogen-bond acceptors (Lipinski definition) is 6. The normalized spacial score (nSPS) is 11.1. The highest BCUT2D eigenvalue weighted by atomic mass is 16.5. The predicted molar refractivity (Wildman–Crippen MR) is 139 cm³/mol. The third kappa shape index (κ3) is 4.65. The topological polar surface area (TPSA) is 94.8 Å². The van der Waals surface area contributed by atoms with Crippen LogP contribution in [0.4, 0.5) is 5.69 Å². The highest BCUT2D eigenvalue weighted by molar-refractivity contribution is 6.12. The number of carbonyl (C=O) groups excluding carboxylic acids is 1. The molecule has 0 aliphatic rings. The standard InChI is InChI=1S/C28H26N6O2/c1-17(2)34-26-23(16-31-34)22(15-25(32-26)20-8-6-18(3)7-9-20)27(35)33-24-11-10-21(14-19(24)4)36-28-29-12-5-13-30-28/h5-17H,1-4H3,(H,33,35). The van der Waals surface area contributed by atoms with E-state index in [1.807, 2.05) is 74.8 Å². The van der Waals surface area contributed by atoms with Gasteiger partial charge in [0.15, 0.2) is 5.65 Å². The molecule has 0 saturated heterocycles. The Morgan fingerprint density at radius 2 is 1.75 bits per heavy atom. The van der Waals surface area contributed by atoms with Crippen molar-refractivity contribution in [1.29, 1.82) is 0 Å². The second kappa shape index (κ2) is 9.58. The zero-order chi connectivity index (χ0) is 25.2. The van der Waals surface area contributed by atoms with Crippen LogP contribution in [0.2, 0.25) is 0 Å². The minimum absolute atomic E-state index is 0.0996. The van der Waals surface area contributed by atoms with Crippen molar-refractivity contribution in [2.24, 2.45) is 0 Å². The van der Waals surface area contributed by atoms with Crippen molar-refractivity contribution in [3.8, 4) is 23.0 Å². The number of amides is 1. The van der Waals surface area contributed by atoms with Crippen molar-refractivity contribution in [3.63, 3.8) is 0 Å². The third-order valence-electron chi connectivity index (χ3n) is 5.85. The Hall–Kier alpha value is -4.59. The van der Waals surface area contributed by atoms with E-state index < -0.39 is 0 Å². The van der Waals surface area contributed by atoms with Crippen LogP contribution in [0.15, 0.2) is 73.2 Å². The number of carbonyl (C=O) groups is 1. The Kier molecular flexibility index (Phi) is 6.16. The Labute approximate surface area is 209 Å². The fourth-order valence-electron chi connectivity index (χ4n) is 3.93. The Morgan fingerprint density at radius 3 is 2.44 bits per heavy atom. The lowest BCUT2D eigenvalue weighted by Crippen LogP contribution is -2.14. The van der Waals surface area contributed by atoms with E-state index in [1.54, 1.807) is 30.7 Å². The van der Waals surface area contributed by atoms with E-state index >= 15 is 0 Å². The van der Waals surface area contributed by atoms with E-state index in [-0.39, 0.29) is 18.0 Å². The monoisotopic (exact) mass is 478 g/mol. The molecule has 36 heavy (non-hydrogen) atoms. The van der Waals surface area contributed by atoms with Gasteiger partial charge in [-0.25, -0.2) is 19.6 Å². The number of nitrogens with zero attached hydrogens (tertiary/aromatic N) is 5. The van der Waals surface area contributed by atoms with Gasteiger partial charge in [0.05, 0.1) is 22.8 Å². The lowest BCUT2D eigenvalue weighted by Gasteiger charge is -2.13. The number of aromatic nitrogens is 5. The van der Waals surface area contributed by atoms with Crippen LogP contribution in [0.3, 0.4) is 0 Å². The Bertz CT molecular complexity index is 1540. The van der Waals surface area contributed by atoms with Crippen LogP contribution >= 0.6 is 0 Å². The number of fused-ring (bicyclic) bond motifs is 1. The largest absolute Gasteiger partial charge is 0.424 e. The minimum Gasteiger partial charge on any atom is -0.424 e. The number of pyridine rings is 1. The average Bonchev–Trinajstić information content (AvgIpc) is 3.30. The summed E-state index contributed by atoms with van der Waals surface area (Å²) in [5.41, 5.74) is 5.54. The summed E-state index contributed by atoms with van der Waals surface area (Å²) in [6.07, 6.45) is 4.94. The van der Waals surface area contributed by atoms with Crippen molar-refractivity contribution >= 4 is 22.6 Å². The fraction of sp³-hybridized carbons (Fsp3) is 0.179. The molecule has 0 saturated carbocycles. The van der Waals surface area contributed by atoms with Crippen LogP contribution < -0.4 is 10.1 Å². The average molecular weight is 479 g/mol. The van der Waals surface area contributed by atoms with E-state index in [9.17, 15) is 4.79 Å². The molecule has 8 heteroatoms. The summed E-state index contributed by atoms with van der Waals surface area (Å²) in [6, 6.07) is 17.4. The summed E-state index contributed by atoms with van der Waals surface area (Å²) < 4.78 is 7.55. The Balaban J connectivity index is 1.49. The minimum atomic E-state index is -0.234. The quantitative estimate of drug-likeness (QED) is 0.315. The van der Waals surface area contributed by atoms with E-state index in [2.05, 4.69) is 20.4 Å². The molecule has 5 rings (SSSR count). The number of benzene rings is 2. The lowest BCUT2D eigenvalue weighted by atomic mass is 10.0. The van der Waals surface area contributed by atoms with Gasteiger partial charge in [0.25, 0.3) is 5.91 Å². The molecule has 8 nitrogen and oxygen atoms in total. The highest BCUT2D eigenvalue weighted by Crippen LogP contribution is 2.29. The smallest absolute Gasteiger partial charge is 0.321 e. The number of anilines is 1. The lowest BCUT2D eigenvalue weighted by molar-refractivity contribution is 0.102. The molecule has 0 aliphatic heterocycles. The second-order valence-electron chi connectivity index (χ2n) is 8.91. The molecule has 0 fully saturated rings. The first kappa shape index (κ1) is 23.2. The van der Waals surface area contributed by atoms with Crippen molar-refractivity contribution in [2.75, 3.05) is 5.32 Å². The molecule has 2 aromatic carbocycles. The molecule has 5 aromatic rings. The molecule has 0 aliphatic carbocycles. The van der Waals surface area contributed by atoms with Crippen molar-refractivity contribution < 1.29 is 9.53 Å². The first-order chi connectivity index (χ1) is 17.4. The number of rotatable bonds is 6. The molecule has 0 atom stereocenters. The van der Waals surface area contributed by atoms with E-state index in [4.69, 9.17) is 9.72 Å². The summed E-state index contributed by atoms with van der Waals surface area (Å²) in [6.45, 7) is 8.03. The first-order valence-electron chi connectivity index (χ1n) is 11.7. The second-order valence-corrected chi connectivity index (χ2v) is 8.91. The number of aryl methyl sites for hydroxylation is 2. The van der Waals surface area contributed by atoms with E-state index in [0.29, 0.717) is 28.0 Å². The Morgan fingerprint density at radius 1 is 1.00 bits per heavy atom. The van der Waals surface area contributed by atoms with Gasteiger partial charge in [-0.05, 0) is 63.6 Å². The van der Waals surface area contributed by atoms with E-state index in [1.165, 1.54) is 0 Å². The molecular weight excluding hydrogens is 452 g/mol. The molecule has 1 N–H and O–H groups in total. The van der Waals surface area contributed by atoms with Crippen LogP contribution in [0, 0.1) is 13.8 Å². The van der Waals surface area contributed by atoms with Crippen molar-refractivity contribution in [1.82, 2.24) is 24.7 Å². The van der Waals surface area contributed by atoms with Crippen LogP contribution in [0.1, 0.15) is 41.4 Å². The molecule has 3 heterocycles. The van der Waals surface area contributed by atoms with Gasteiger partial charge in [-0.3, -0.25) is 4.79 Å². The molecule has 0 radical (unpaired) electrons. The molecule has 0 bridgehead atoms. The summed E-state index contributed by atoms with van der Waals surface area (Å²) in [5.74, 6) is 0.352. The summed E-state index contributed by atoms with van der Waals surface area (Å²) in [5, 5.41) is 8.26. The fourth-order valence-corrected chi connectivity index (χ4v) is 3.93. The van der Waals surface area contributed by atoms with Crippen LogP contribution in [0.25, 0.3) is 22.3 Å². The van der Waals surface area contributed by atoms with Crippen LogP contribution in [-0.4, -0.2) is 30.6 Å². The maximum absolute atomic E-state index is 13.5. The zero-order valence-electron chi connectivity index (χ0n) is 20.6. The number of hydrogen-bond donors (Lipinski definition) is 1. The molecule has 0 spiro atoms. The van der Waals surface area contributed by atoms with Gasteiger partial charge < -0.3 is 10.1 Å². The van der Waals surface area contributed by atoms with Crippen LogP contribution in [-0.2, 0) is 0 Å². The van der Waals surface area contributed by atoms with Gasteiger partial charge >= 0.3 is 6.01 Å². The van der Waals surface area contributed by atoms with Gasteiger partial charge in [0.1, 0.15) is 5.75 Å². The maximum Gasteiger partial charge on any atom is 0.321 e. The first-order valence-corrected chi connectivity index (χ1v) is 11.7. The highest BCUT2D eigenvalue weighted by Gasteiger charge is 2.19. The van der Waals surface area contributed by atoms with Crippen LogP contribution in [0.5, 0.6) is 11.8 Å². The predicted octanol–water partition coefficient (Wildman–Crippen LogP) is 6.13. The molecule has 180 valence electrons.